The Morgan fingerprint density at radius 3 is 2.39 bits per heavy atom. The lowest BCUT2D eigenvalue weighted by Gasteiger charge is -2.29. The van der Waals surface area contributed by atoms with E-state index in [2.05, 4.69) is 5.32 Å². The second-order valence-corrected chi connectivity index (χ2v) is 12.8. The Hall–Kier alpha value is -3.39. The Morgan fingerprint density at radius 2 is 1.71 bits per heavy atom. The number of alkyl halides is 3. The molecule has 2 aromatic carbocycles. The fourth-order valence-electron chi connectivity index (χ4n) is 5.05. The first-order valence-electron chi connectivity index (χ1n) is 12.1. The molecule has 7 nitrogen and oxygen atoms in total. The smallest absolute Gasteiger partial charge is 0.325 e. The van der Waals surface area contributed by atoms with Crippen molar-refractivity contribution in [2.45, 2.75) is 28.9 Å². The summed E-state index contributed by atoms with van der Waals surface area (Å²) in [5.41, 5.74) is -1.15. The highest BCUT2D eigenvalue weighted by Gasteiger charge is 2.58. The summed E-state index contributed by atoms with van der Waals surface area (Å²) in [7, 11) is 0. The summed E-state index contributed by atoms with van der Waals surface area (Å²) in [5.74, 6) is -3.84. The second kappa shape index (κ2) is 10.5. The van der Waals surface area contributed by atoms with Gasteiger partial charge in [-0.3, -0.25) is 23.7 Å². The number of benzene rings is 2. The van der Waals surface area contributed by atoms with Gasteiger partial charge in [0, 0.05) is 26.4 Å². The van der Waals surface area contributed by atoms with Gasteiger partial charge in [0.2, 0.25) is 17.7 Å². The molecule has 1 fully saturated rings. The average molecular weight is 636 g/mol. The summed E-state index contributed by atoms with van der Waals surface area (Å²) in [6.45, 7) is -0.363. The van der Waals surface area contributed by atoms with Crippen LogP contribution in [0, 0.1) is 5.92 Å². The van der Waals surface area contributed by atoms with Gasteiger partial charge >= 0.3 is 11.0 Å². The van der Waals surface area contributed by atoms with Crippen molar-refractivity contribution < 1.29 is 27.6 Å². The molecule has 1 saturated heterocycles. The quantitative estimate of drug-likeness (QED) is 0.269. The van der Waals surface area contributed by atoms with Crippen LogP contribution in [0.25, 0.3) is 0 Å². The summed E-state index contributed by atoms with van der Waals surface area (Å²) in [6, 6.07) is 14.4. The van der Waals surface area contributed by atoms with Gasteiger partial charge in [-0.05, 0) is 47.8 Å². The summed E-state index contributed by atoms with van der Waals surface area (Å²) in [5, 5.41) is 4.21. The zero-order valence-electron chi connectivity index (χ0n) is 20.6. The van der Waals surface area contributed by atoms with Gasteiger partial charge in [-0.15, -0.1) is 11.3 Å². The third kappa shape index (κ3) is 4.90. The van der Waals surface area contributed by atoms with Crippen LogP contribution in [0.3, 0.4) is 0 Å². The molecule has 2 aliphatic heterocycles. The standard InChI is InChI=1S/C27H17ClF3N3O4S3/c28-13-7-9-14(10-8-13)32-18(35)12-33-25-22(41-26(33)38)19(17-6-3-11-39-17)20-21(40-25)24(37)34(23(20)36)16-5-2-1-4-15(16)27(29,30)31/h1-11,19-21H,12H2,(H,32,35). The van der Waals surface area contributed by atoms with E-state index in [9.17, 15) is 32.3 Å². The van der Waals surface area contributed by atoms with Crippen LogP contribution < -0.4 is 15.1 Å². The number of anilines is 2. The van der Waals surface area contributed by atoms with Crippen LogP contribution in [0.5, 0.6) is 0 Å². The first-order chi connectivity index (χ1) is 19.5. The van der Waals surface area contributed by atoms with Crippen LogP contribution in [0.1, 0.15) is 21.2 Å². The Balaban J connectivity index is 1.40. The average Bonchev–Trinajstić information content (AvgIpc) is 3.62. The summed E-state index contributed by atoms with van der Waals surface area (Å²) in [6.07, 6.45) is -4.79. The fourth-order valence-corrected chi connectivity index (χ4v) is 8.90. The molecule has 0 radical (unpaired) electrons. The molecule has 6 rings (SSSR count). The van der Waals surface area contributed by atoms with Crippen molar-refractivity contribution in [1.82, 2.24) is 4.57 Å². The maximum Gasteiger partial charge on any atom is 0.418 e. The number of thiazole rings is 1. The summed E-state index contributed by atoms with van der Waals surface area (Å²) >= 11 is 9.01. The Morgan fingerprint density at radius 1 is 0.976 bits per heavy atom. The molecule has 0 bridgehead atoms. The number of thioether (sulfide) groups is 1. The van der Waals surface area contributed by atoms with Crippen molar-refractivity contribution in [2.24, 2.45) is 5.92 Å². The number of carbonyl (C=O) groups excluding carboxylic acids is 3. The summed E-state index contributed by atoms with van der Waals surface area (Å²) in [4.78, 5) is 54.9. The van der Waals surface area contributed by atoms with Crippen molar-refractivity contribution >= 4 is 75.1 Å². The predicted octanol–water partition coefficient (Wildman–Crippen LogP) is 6.08. The van der Waals surface area contributed by atoms with E-state index >= 15 is 0 Å². The molecule has 210 valence electrons. The lowest BCUT2D eigenvalue weighted by molar-refractivity contribution is -0.137. The van der Waals surface area contributed by atoms with E-state index in [4.69, 9.17) is 11.6 Å². The molecule has 3 unspecified atom stereocenters. The number of carbonyl (C=O) groups is 3. The summed E-state index contributed by atoms with van der Waals surface area (Å²) < 4.78 is 42.8. The molecule has 4 heterocycles. The minimum absolute atomic E-state index is 0.345. The zero-order valence-corrected chi connectivity index (χ0v) is 23.8. The number of nitrogens with one attached hydrogen (secondary N) is 1. The molecule has 41 heavy (non-hydrogen) atoms. The first kappa shape index (κ1) is 27.8. The van der Waals surface area contributed by atoms with Crippen LogP contribution in [-0.4, -0.2) is 27.5 Å². The van der Waals surface area contributed by atoms with Crippen molar-refractivity contribution in [2.75, 3.05) is 10.2 Å². The highest BCUT2D eigenvalue weighted by molar-refractivity contribution is 8.00. The molecule has 2 aliphatic rings. The number of para-hydroxylation sites is 1. The fraction of sp³-hybridized carbons (Fsp3) is 0.185. The van der Waals surface area contributed by atoms with E-state index in [-0.39, 0.29) is 6.54 Å². The maximum atomic E-state index is 13.9. The molecule has 0 aliphatic carbocycles. The minimum Gasteiger partial charge on any atom is -0.325 e. The lowest BCUT2D eigenvalue weighted by Crippen LogP contribution is -2.33. The molecule has 0 spiro atoms. The maximum absolute atomic E-state index is 13.9. The molecule has 1 N–H and O–H groups in total. The number of amides is 3. The van der Waals surface area contributed by atoms with Gasteiger partial charge in [0.1, 0.15) is 11.8 Å². The topological polar surface area (TPSA) is 88.5 Å². The number of nitrogens with zero attached hydrogens (tertiary/aromatic N) is 2. The number of rotatable bonds is 5. The molecule has 14 heteroatoms. The van der Waals surface area contributed by atoms with Crippen LogP contribution in [0.15, 0.2) is 75.9 Å². The van der Waals surface area contributed by atoms with E-state index in [1.807, 2.05) is 0 Å². The Kier molecular flexibility index (Phi) is 7.09. The molecule has 3 atom stereocenters. The Labute approximate surface area is 247 Å². The van der Waals surface area contributed by atoms with E-state index in [1.54, 1.807) is 41.8 Å². The van der Waals surface area contributed by atoms with Gasteiger partial charge in [0.15, 0.2) is 0 Å². The van der Waals surface area contributed by atoms with Gasteiger partial charge in [-0.2, -0.15) is 13.2 Å². The highest BCUT2D eigenvalue weighted by Crippen LogP contribution is 2.55. The molecule has 3 amide bonds. The number of fused-ring (bicyclic) bond motifs is 2. The number of hydrogen-bond acceptors (Lipinski definition) is 7. The third-order valence-corrected chi connectivity index (χ3v) is 10.6. The van der Waals surface area contributed by atoms with Gasteiger partial charge < -0.3 is 5.32 Å². The number of thiophene rings is 1. The van der Waals surface area contributed by atoms with Crippen molar-refractivity contribution in [3.05, 3.63) is 96.1 Å². The first-order valence-corrected chi connectivity index (χ1v) is 15.0. The molecule has 2 aromatic heterocycles. The van der Waals surface area contributed by atoms with Crippen LogP contribution >= 0.6 is 46.0 Å². The predicted molar refractivity (Wildman–Crippen MR) is 152 cm³/mol. The molecular weight excluding hydrogens is 619 g/mol. The number of aromatic nitrogens is 1. The number of imide groups is 1. The van der Waals surface area contributed by atoms with E-state index < -0.39 is 57.1 Å². The third-order valence-electron chi connectivity index (χ3n) is 6.78. The SMILES string of the molecule is O=C(Cn1c2c(sc1=O)C(c1cccs1)C1C(=O)N(c3ccccc3C(F)(F)F)C(=O)C1S2)Nc1ccc(Cl)cc1. The van der Waals surface area contributed by atoms with Gasteiger partial charge in [-0.1, -0.05) is 52.9 Å². The van der Waals surface area contributed by atoms with Crippen LogP contribution in [-0.2, 0) is 27.1 Å². The number of halogens is 4. The monoisotopic (exact) mass is 635 g/mol. The van der Waals surface area contributed by atoms with E-state index in [0.717, 1.165) is 35.2 Å². The lowest BCUT2D eigenvalue weighted by atomic mass is 9.87. The molecule has 0 saturated carbocycles. The van der Waals surface area contributed by atoms with Crippen LogP contribution in [0.4, 0.5) is 24.5 Å². The minimum atomic E-state index is -4.79. The number of hydrogen-bond donors (Lipinski definition) is 1. The van der Waals surface area contributed by atoms with Gasteiger partial charge in [0.05, 0.1) is 22.2 Å². The van der Waals surface area contributed by atoms with E-state index in [1.165, 1.54) is 28.0 Å². The molecule has 4 aromatic rings. The van der Waals surface area contributed by atoms with Gasteiger partial charge in [0.25, 0.3) is 0 Å². The highest BCUT2D eigenvalue weighted by atomic mass is 35.5. The van der Waals surface area contributed by atoms with Crippen molar-refractivity contribution in [1.29, 1.82) is 0 Å². The zero-order chi connectivity index (χ0) is 29.1. The Bertz CT molecular complexity index is 1730. The van der Waals surface area contributed by atoms with Crippen LogP contribution in [0.2, 0.25) is 5.02 Å². The normalized spacial score (nSPS) is 20.2. The van der Waals surface area contributed by atoms with E-state index in [0.29, 0.717) is 30.4 Å². The largest absolute Gasteiger partial charge is 0.418 e. The van der Waals surface area contributed by atoms with Crippen molar-refractivity contribution in [3.63, 3.8) is 0 Å². The van der Waals surface area contributed by atoms with Gasteiger partial charge in [-0.25, -0.2) is 4.90 Å². The van der Waals surface area contributed by atoms with Crippen molar-refractivity contribution in [3.8, 4) is 0 Å². The second-order valence-electron chi connectivity index (χ2n) is 9.26. The molecular formula is C27H17ClF3N3O4S3.